The smallest absolute Gasteiger partial charge is 0.272 e. The molecule has 0 saturated heterocycles. The Morgan fingerprint density at radius 3 is 2.95 bits per heavy atom. The minimum atomic E-state index is -0.234. The van der Waals surface area contributed by atoms with Gasteiger partial charge in [-0.3, -0.25) is 4.79 Å². The molecule has 2 aromatic rings. The molecule has 0 aliphatic heterocycles. The summed E-state index contributed by atoms with van der Waals surface area (Å²) in [7, 11) is 1.64. The van der Waals surface area contributed by atoms with Crippen molar-refractivity contribution in [2.75, 3.05) is 19.0 Å². The Kier molecular flexibility index (Phi) is 4.13. The summed E-state index contributed by atoms with van der Waals surface area (Å²) in [5, 5.41) is 10.3. The third-order valence-electron chi connectivity index (χ3n) is 3.00. The van der Waals surface area contributed by atoms with Gasteiger partial charge in [0.15, 0.2) is 0 Å². The number of pyridine rings is 1. The number of benzene rings is 1. The van der Waals surface area contributed by atoms with Crippen molar-refractivity contribution in [2.24, 2.45) is 5.84 Å². The molecule has 2 rings (SSSR count). The number of nitrogens with zero attached hydrogens (tertiary/aromatic N) is 3. The first-order valence-electron chi connectivity index (χ1n) is 6.16. The van der Waals surface area contributed by atoms with Crippen LogP contribution in [0.4, 0.5) is 5.82 Å². The number of carbonyl (C=O) groups excluding carboxylic acids is 1. The quantitative estimate of drug-likeness (QED) is 0.648. The lowest BCUT2D eigenvalue weighted by molar-refractivity contribution is 0.0792. The first-order chi connectivity index (χ1) is 9.67. The van der Waals surface area contributed by atoms with Crippen molar-refractivity contribution >= 4 is 22.5 Å². The van der Waals surface area contributed by atoms with Gasteiger partial charge in [-0.1, -0.05) is 24.3 Å². The summed E-state index contributed by atoms with van der Waals surface area (Å²) in [5.74, 6) is 5.69. The van der Waals surface area contributed by atoms with Crippen LogP contribution in [0, 0.1) is 11.3 Å². The summed E-state index contributed by atoms with van der Waals surface area (Å²) in [6.07, 6.45) is 0.290. The SMILES string of the molecule is CN(CCC#N)C(=O)c1cc2ccccc2c(NN)n1. The largest absolute Gasteiger partial charge is 0.339 e. The lowest BCUT2D eigenvalue weighted by Crippen LogP contribution is -2.28. The van der Waals surface area contributed by atoms with Crippen LogP contribution in [0.2, 0.25) is 0 Å². The zero-order valence-corrected chi connectivity index (χ0v) is 11.1. The molecule has 1 amide bonds. The fourth-order valence-corrected chi connectivity index (χ4v) is 1.93. The second-order valence-corrected chi connectivity index (χ2v) is 4.36. The number of fused-ring (bicyclic) bond motifs is 1. The van der Waals surface area contributed by atoms with Crippen LogP contribution in [0.25, 0.3) is 10.8 Å². The fraction of sp³-hybridized carbons (Fsp3) is 0.214. The molecular formula is C14H15N5O. The van der Waals surface area contributed by atoms with Crippen molar-refractivity contribution in [1.29, 1.82) is 5.26 Å². The van der Waals surface area contributed by atoms with Gasteiger partial charge in [0.25, 0.3) is 5.91 Å². The average Bonchev–Trinajstić information content (AvgIpc) is 2.50. The van der Waals surface area contributed by atoms with Crippen LogP contribution in [0.3, 0.4) is 0 Å². The number of hydrogen-bond acceptors (Lipinski definition) is 5. The molecule has 0 unspecified atom stereocenters. The third-order valence-corrected chi connectivity index (χ3v) is 3.00. The van der Waals surface area contributed by atoms with E-state index in [0.717, 1.165) is 10.8 Å². The Hall–Kier alpha value is -2.65. The van der Waals surface area contributed by atoms with Crippen LogP contribution in [-0.4, -0.2) is 29.4 Å². The highest BCUT2D eigenvalue weighted by atomic mass is 16.2. The van der Waals surface area contributed by atoms with Crippen LogP contribution < -0.4 is 11.3 Å². The summed E-state index contributed by atoms with van der Waals surface area (Å²) >= 11 is 0. The zero-order valence-electron chi connectivity index (χ0n) is 11.1. The van der Waals surface area contributed by atoms with Crippen molar-refractivity contribution in [3.05, 3.63) is 36.0 Å². The van der Waals surface area contributed by atoms with E-state index >= 15 is 0 Å². The van der Waals surface area contributed by atoms with E-state index in [4.69, 9.17) is 11.1 Å². The summed E-state index contributed by atoms with van der Waals surface area (Å²) in [6.45, 7) is 0.370. The third kappa shape index (κ3) is 2.68. The summed E-state index contributed by atoms with van der Waals surface area (Å²) in [4.78, 5) is 18.0. The van der Waals surface area contributed by atoms with Crippen LogP contribution in [0.15, 0.2) is 30.3 Å². The molecule has 0 aliphatic rings. The van der Waals surface area contributed by atoms with E-state index in [1.807, 2.05) is 30.3 Å². The molecule has 0 radical (unpaired) electrons. The molecule has 0 saturated carbocycles. The number of nitrogen functional groups attached to an aromatic ring is 1. The number of hydrogen-bond donors (Lipinski definition) is 2. The Bertz CT molecular complexity index is 677. The van der Waals surface area contributed by atoms with Gasteiger partial charge in [-0.15, -0.1) is 0 Å². The van der Waals surface area contributed by atoms with E-state index in [1.54, 1.807) is 13.1 Å². The minimum Gasteiger partial charge on any atom is -0.339 e. The highest BCUT2D eigenvalue weighted by Crippen LogP contribution is 2.22. The highest BCUT2D eigenvalue weighted by Gasteiger charge is 2.15. The lowest BCUT2D eigenvalue weighted by atomic mass is 10.1. The van der Waals surface area contributed by atoms with E-state index in [0.29, 0.717) is 18.1 Å². The van der Waals surface area contributed by atoms with E-state index in [-0.39, 0.29) is 12.3 Å². The maximum atomic E-state index is 12.2. The first-order valence-corrected chi connectivity index (χ1v) is 6.16. The molecule has 1 aromatic heterocycles. The predicted molar refractivity (Wildman–Crippen MR) is 76.7 cm³/mol. The summed E-state index contributed by atoms with van der Waals surface area (Å²) in [6, 6.07) is 11.3. The fourth-order valence-electron chi connectivity index (χ4n) is 1.93. The predicted octanol–water partition coefficient (Wildman–Crippen LogP) is 1.51. The maximum Gasteiger partial charge on any atom is 0.272 e. The number of amides is 1. The number of nitrogens with two attached hydrogens (primary N) is 1. The van der Waals surface area contributed by atoms with E-state index in [9.17, 15) is 4.79 Å². The number of hydrazine groups is 1. The van der Waals surface area contributed by atoms with Gasteiger partial charge in [-0.25, -0.2) is 10.8 Å². The second-order valence-electron chi connectivity index (χ2n) is 4.36. The van der Waals surface area contributed by atoms with Crippen molar-refractivity contribution in [3.8, 4) is 6.07 Å². The Labute approximate surface area is 116 Å². The van der Waals surface area contributed by atoms with Crippen molar-refractivity contribution < 1.29 is 4.79 Å². The van der Waals surface area contributed by atoms with Gasteiger partial charge in [0.2, 0.25) is 0 Å². The number of nitrogens with one attached hydrogen (secondary N) is 1. The number of carbonyl (C=O) groups is 1. The van der Waals surface area contributed by atoms with Gasteiger partial charge in [0.05, 0.1) is 12.5 Å². The normalized spacial score (nSPS) is 10.1. The van der Waals surface area contributed by atoms with E-state index in [1.165, 1.54) is 4.90 Å². The number of rotatable bonds is 4. The van der Waals surface area contributed by atoms with Gasteiger partial charge in [-0.05, 0) is 11.5 Å². The van der Waals surface area contributed by atoms with Crippen molar-refractivity contribution in [1.82, 2.24) is 9.88 Å². The van der Waals surface area contributed by atoms with Crippen LogP contribution in [-0.2, 0) is 0 Å². The molecule has 0 bridgehead atoms. The maximum absolute atomic E-state index is 12.2. The molecule has 6 heteroatoms. The molecule has 1 heterocycles. The second kappa shape index (κ2) is 5.99. The van der Waals surface area contributed by atoms with Crippen molar-refractivity contribution in [3.63, 3.8) is 0 Å². The van der Waals surface area contributed by atoms with Gasteiger partial charge >= 0.3 is 0 Å². The molecule has 3 N–H and O–H groups in total. The standard InChI is InChI=1S/C14H15N5O/c1-19(8-4-7-15)14(20)12-9-10-5-2-3-6-11(10)13(17-12)18-16/h2-3,5-6,9H,4,8,16H2,1H3,(H,17,18). The molecule has 0 atom stereocenters. The Morgan fingerprint density at radius 2 is 2.25 bits per heavy atom. The Morgan fingerprint density at radius 1 is 1.50 bits per heavy atom. The molecular weight excluding hydrogens is 254 g/mol. The summed E-state index contributed by atoms with van der Waals surface area (Å²) < 4.78 is 0. The summed E-state index contributed by atoms with van der Waals surface area (Å²) in [5.41, 5.74) is 2.82. The topological polar surface area (TPSA) is 95.0 Å². The first kappa shape index (κ1) is 13.8. The molecule has 0 spiro atoms. The van der Waals surface area contributed by atoms with Gasteiger partial charge in [-0.2, -0.15) is 5.26 Å². The highest BCUT2D eigenvalue weighted by molar-refractivity contribution is 6.00. The van der Waals surface area contributed by atoms with E-state index < -0.39 is 0 Å². The molecule has 6 nitrogen and oxygen atoms in total. The average molecular weight is 269 g/mol. The molecule has 1 aromatic carbocycles. The molecule has 20 heavy (non-hydrogen) atoms. The van der Waals surface area contributed by atoms with Crippen LogP contribution in [0.5, 0.6) is 0 Å². The van der Waals surface area contributed by atoms with E-state index in [2.05, 4.69) is 10.4 Å². The number of anilines is 1. The number of aromatic nitrogens is 1. The zero-order chi connectivity index (χ0) is 14.5. The molecule has 102 valence electrons. The van der Waals surface area contributed by atoms with Crippen LogP contribution >= 0.6 is 0 Å². The molecule has 0 fully saturated rings. The minimum absolute atomic E-state index is 0.234. The van der Waals surface area contributed by atoms with Crippen LogP contribution in [0.1, 0.15) is 16.9 Å². The van der Waals surface area contributed by atoms with Gasteiger partial charge in [0.1, 0.15) is 11.5 Å². The Balaban J connectivity index is 2.40. The van der Waals surface area contributed by atoms with Gasteiger partial charge < -0.3 is 10.3 Å². The lowest BCUT2D eigenvalue weighted by Gasteiger charge is -2.16. The number of nitriles is 1. The van der Waals surface area contributed by atoms with Crippen molar-refractivity contribution in [2.45, 2.75) is 6.42 Å². The monoisotopic (exact) mass is 269 g/mol. The van der Waals surface area contributed by atoms with Gasteiger partial charge in [0, 0.05) is 19.0 Å². The molecule has 0 aliphatic carbocycles.